The van der Waals surface area contributed by atoms with Crippen molar-refractivity contribution >= 4 is 11.8 Å². The predicted octanol–water partition coefficient (Wildman–Crippen LogP) is 3.88. The number of para-hydroxylation sites is 1. The molecule has 1 aromatic carbocycles. The molecule has 130 valence electrons. The largest absolute Gasteiger partial charge is 0.496 e. The third kappa shape index (κ3) is 3.69. The average Bonchev–Trinajstić information content (AvgIpc) is 2.83. The quantitative estimate of drug-likeness (QED) is 0.920. The highest BCUT2D eigenvalue weighted by atomic mass is 16.6. The SMILES string of the molecule is CCCc1c(N)c(-c2ccccc2OC)nn1C(=O)OC(C)(C)C. The Kier molecular flexibility index (Phi) is 5.17. The van der Waals surface area contributed by atoms with Crippen LogP contribution in [-0.2, 0) is 11.2 Å². The highest BCUT2D eigenvalue weighted by Crippen LogP contribution is 2.35. The molecule has 0 bridgehead atoms. The Hall–Kier alpha value is -2.50. The first kappa shape index (κ1) is 17.8. The standard InChI is InChI=1S/C18H25N3O3/c1-6-9-13-15(19)16(12-10-7-8-11-14(12)23-5)20-21(13)17(22)24-18(2,3)4/h7-8,10-11H,6,9,19H2,1-5H3. The van der Waals surface area contributed by atoms with Crippen LogP contribution >= 0.6 is 0 Å². The lowest BCUT2D eigenvalue weighted by molar-refractivity contribution is 0.0510. The molecule has 6 heteroatoms. The zero-order valence-electron chi connectivity index (χ0n) is 14.9. The Morgan fingerprint density at radius 3 is 2.54 bits per heavy atom. The molecule has 0 radical (unpaired) electrons. The second kappa shape index (κ2) is 6.95. The van der Waals surface area contributed by atoms with Crippen molar-refractivity contribution in [3.8, 4) is 17.0 Å². The molecule has 0 unspecified atom stereocenters. The number of nitrogens with two attached hydrogens (primary N) is 1. The van der Waals surface area contributed by atoms with Crippen molar-refractivity contribution in [3.05, 3.63) is 30.0 Å². The summed E-state index contributed by atoms with van der Waals surface area (Å²) in [5, 5.41) is 4.43. The van der Waals surface area contributed by atoms with Gasteiger partial charge in [-0.3, -0.25) is 0 Å². The molecule has 24 heavy (non-hydrogen) atoms. The maximum absolute atomic E-state index is 12.5. The van der Waals surface area contributed by atoms with E-state index in [0.29, 0.717) is 29.2 Å². The molecule has 0 saturated heterocycles. The van der Waals surface area contributed by atoms with Gasteiger partial charge in [0.05, 0.1) is 18.5 Å². The van der Waals surface area contributed by atoms with E-state index in [9.17, 15) is 4.79 Å². The van der Waals surface area contributed by atoms with Gasteiger partial charge in [0.2, 0.25) is 0 Å². The smallest absolute Gasteiger partial charge is 0.435 e. The number of carbonyl (C=O) groups is 1. The van der Waals surface area contributed by atoms with Gasteiger partial charge in [0.1, 0.15) is 17.0 Å². The fourth-order valence-electron chi connectivity index (χ4n) is 2.44. The Balaban J connectivity index is 2.55. The van der Waals surface area contributed by atoms with Gasteiger partial charge < -0.3 is 15.2 Å². The van der Waals surface area contributed by atoms with Crippen LogP contribution in [0.1, 0.15) is 39.8 Å². The second-order valence-corrected chi connectivity index (χ2v) is 6.55. The van der Waals surface area contributed by atoms with Gasteiger partial charge in [0.15, 0.2) is 0 Å². The molecule has 0 aliphatic carbocycles. The minimum Gasteiger partial charge on any atom is -0.496 e. The van der Waals surface area contributed by atoms with Crippen molar-refractivity contribution in [3.63, 3.8) is 0 Å². The van der Waals surface area contributed by atoms with Crippen molar-refractivity contribution in [2.45, 2.75) is 46.1 Å². The third-order valence-corrected chi connectivity index (χ3v) is 3.44. The summed E-state index contributed by atoms with van der Waals surface area (Å²) in [5.74, 6) is 0.654. The number of anilines is 1. The van der Waals surface area contributed by atoms with Gasteiger partial charge in [-0.25, -0.2) is 4.79 Å². The fraction of sp³-hybridized carbons (Fsp3) is 0.444. The topological polar surface area (TPSA) is 79.4 Å². The molecule has 0 amide bonds. The molecule has 0 aliphatic rings. The van der Waals surface area contributed by atoms with E-state index < -0.39 is 11.7 Å². The number of aromatic nitrogens is 2. The fourth-order valence-corrected chi connectivity index (χ4v) is 2.44. The van der Waals surface area contributed by atoms with Gasteiger partial charge in [-0.05, 0) is 39.3 Å². The van der Waals surface area contributed by atoms with E-state index in [2.05, 4.69) is 5.10 Å². The number of hydrogen-bond acceptors (Lipinski definition) is 5. The summed E-state index contributed by atoms with van der Waals surface area (Å²) in [6, 6.07) is 7.45. The minimum atomic E-state index is -0.605. The lowest BCUT2D eigenvalue weighted by Crippen LogP contribution is -2.28. The second-order valence-electron chi connectivity index (χ2n) is 6.55. The molecule has 1 aromatic heterocycles. The Labute approximate surface area is 142 Å². The molecule has 2 aromatic rings. The summed E-state index contributed by atoms with van der Waals surface area (Å²) >= 11 is 0. The molecular formula is C18H25N3O3. The van der Waals surface area contributed by atoms with Crippen molar-refractivity contribution in [2.24, 2.45) is 0 Å². The molecule has 0 fully saturated rings. The maximum atomic E-state index is 12.5. The first-order chi connectivity index (χ1) is 11.3. The number of carbonyl (C=O) groups excluding carboxylic acids is 1. The van der Waals surface area contributed by atoms with Gasteiger partial charge >= 0.3 is 6.09 Å². The summed E-state index contributed by atoms with van der Waals surface area (Å²) in [6.45, 7) is 7.48. The highest BCUT2D eigenvalue weighted by Gasteiger charge is 2.25. The molecule has 1 heterocycles. The molecular weight excluding hydrogens is 306 g/mol. The van der Waals surface area contributed by atoms with E-state index in [4.69, 9.17) is 15.2 Å². The van der Waals surface area contributed by atoms with Crippen LogP contribution in [0, 0.1) is 0 Å². The van der Waals surface area contributed by atoms with Gasteiger partial charge in [-0.15, -0.1) is 0 Å². The van der Waals surface area contributed by atoms with Crippen LogP contribution in [0.2, 0.25) is 0 Å². The van der Waals surface area contributed by atoms with E-state index >= 15 is 0 Å². The van der Waals surface area contributed by atoms with E-state index in [1.807, 2.05) is 52.0 Å². The number of hydrogen-bond donors (Lipinski definition) is 1. The van der Waals surface area contributed by atoms with Crippen LogP contribution in [0.25, 0.3) is 11.3 Å². The molecule has 6 nitrogen and oxygen atoms in total. The number of nitrogens with zero attached hydrogens (tertiary/aromatic N) is 2. The van der Waals surface area contributed by atoms with Crippen LogP contribution in [0.15, 0.2) is 24.3 Å². The van der Waals surface area contributed by atoms with Crippen molar-refractivity contribution in [2.75, 3.05) is 12.8 Å². The van der Waals surface area contributed by atoms with Crippen molar-refractivity contribution < 1.29 is 14.3 Å². The van der Waals surface area contributed by atoms with Gasteiger partial charge in [-0.2, -0.15) is 9.78 Å². The zero-order chi connectivity index (χ0) is 17.9. The van der Waals surface area contributed by atoms with Gasteiger partial charge in [0.25, 0.3) is 0 Å². The minimum absolute atomic E-state index is 0.479. The molecule has 0 aliphatic heterocycles. The van der Waals surface area contributed by atoms with Crippen LogP contribution in [0.4, 0.5) is 10.5 Å². The van der Waals surface area contributed by atoms with E-state index in [1.165, 1.54) is 4.68 Å². The number of ether oxygens (including phenoxy) is 2. The van der Waals surface area contributed by atoms with Crippen LogP contribution in [0.3, 0.4) is 0 Å². The zero-order valence-corrected chi connectivity index (χ0v) is 14.9. The summed E-state index contributed by atoms with van der Waals surface area (Å²) < 4.78 is 12.1. The highest BCUT2D eigenvalue weighted by molar-refractivity contribution is 5.83. The van der Waals surface area contributed by atoms with E-state index in [1.54, 1.807) is 7.11 Å². The Bertz CT molecular complexity index is 730. The number of rotatable bonds is 4. The van der Waals surface area contributed by atoms with Crippen LogP contribution in [0.5, 0.6) is 5.75 Å². The normalized spacial score (nSPS) is 11.4. The first-order valence-electron chi connectivity index (χ1n) is 8.02. The predicted molar refractivity (Wildman–Crippen MR) is 94.3 cm³/mol. The number of nitrogen functional groups attached to an aromatic ring is 1. The summed E-state index contributed by atoms with van der Waals surface area (Å²) in [6.07, 6.45) is 0.941. The summed E-state index contributed by atoms with van der Waals surface area (Å²) in [7, 11) is 1.59. The van der Waals surface area contributed by atoms with Crippen molar-refractivity contribution in [1.29, 1.82) is 0 Å². The Morgan fingerprint density at radius 1 is 1.29 bits per heavy atom. The molecule has 2 N–H and O–H groups in total. The maximum Gasteiger partial charge on any atom is 0.435 e. The average molecular weight is 331 g/mol. The third-order valence-electron chi connectivity index (χ3n) is 3.44. The molecule has 0 saturated carbocycles. The van der Waals surface area contributed by atoms with E-state index in [-0.39, 0.29) is 0 Å². The summed E-state index contributed by atoms with van der Waals surface area (Å²) in [4.78, 5) is 12.5. The number of methoxy groups -OCH3 is 1. The van der Waals surface area contributed by atoms with E-state index in [0.717, 1.165) is 12.0 Å². The van der Waals surface area contributed by atoms with Crippen LogP contribution < -0.4 is 10.5 Å². The monoisotopic (exact) mass is 331 g/mol. The lowest BCUT2D eigenvalue weighted by atomic mass is 10.1. The van der Waals surface area contributed by atoms with Gasteiger partial charge in [-0.1, -0.05) is 25.5 Å². The molecule has 0 atom stereocenters. The van der Waals surface area contributed by atoms with Crippen LogP contribution in [-0.4, -0.2) is 28.6 Å². The number of benzene rings is 1. The first-order valence-corrected chi connectivity index (χ1v) is 8.02. The Morgan fingerprint density at radius 2 is 1.96 bits per heavy atom. The van der Waals surface area contributed by atoms with Gasteiger partial charge in [0, 0.05) is 5.56 Å². The molecule has 2 rings (SSSR count). The molecule has 0 spiro atoms. The summed E-state index contributed by atoms with van der Waals surface area (Å²) in [5.41, 5.74) is 8.11. The lowest BCUT2D eigenvalue weighted by Gasteiger charge is -2.19. The van der Waals surface area contributed by atoms with Crippen molar-refractivity contribution in [1.82, 2.24) is 9.78 Å².